The molecule has 0 spiro atoms. The van der Waals surface area contributed by atoms with Crippen LogP contribution in [0, 0.1) is 0 Å². The van der Waals surface area contributed by atoms with Gasteiger partial charge >= 0.3 is 0 Å². The third kappa shape index (κ3) is 5.46. The van der Waals surface area contributed by atoms with Gasteiger partial charge in [0, 0.05) is 0 Å². The van der Waals surface area contributed by atoms with Crippen molar-refractivity contribution in [3.63, 3.8) is 0 Å². The van der Waals surface area contributed by atoms with Crippen LogP contribution < -0.4 is 10.1 Å². The Bertz CT molecular complexity index is 772. The summed E-state index contributed by atoms with van der Waals surface area (Å²) in [5.41, 5.74) is 2.88. The van der Waals surface area contributed by atoms with E-state index in [0.29, 0.717) is 10.8 Å². The van der Waals surface area contributed by atoms with Crippen LogP contribution >= 0.6 is 11.6 Å². The van der Waals surface area contributed by atoms with E-state index in [1.807, 2.05) is 6.07 Å². The summed E-state index contributed by atoms with van der Waals surface area (Å²) in [6, 6.07) is 9.52. The van der Waals surface area contributed by atoms with Gasteiger partial charge in [-0.1, -0.05) is 65.3 Å². The number of carbonyl (C=O) groups is 1. The summed E-state index contributed by atoms with van der Waals surface area (Å²) in [5.74, 6) is 0.490. The van der Waals surface area contributed by atoms with Gasteiger partial charge in [-0.05, 0) is 40.2 Å². The topological polar surface area (TPSA) is 51.2 Å². The molecule has 1 aromatic carbocycles. The molecule has 0 atom stereocenters. The molecular formula is C21H27ClN2O2. The number of rotatable bonds is 4. The molecular weight excluding hydrogens is 348 g/mol. The highest BCUT2D eigenvalue weighted by atomic mass is 35.5. The number of benzene rings is 1. The molecule has 26 heavy (non-hydrogen) atoms. The summed E-state index contributed by atoms with van der Waals surface area (Å²) in [7, 11) is 0. The molecule has 0 saturated carbocycles. The van der Waals surface area contributed by atoms with Crippen LogP contribution in [-0.4, -0.2) is 17.5 Å². The van der Waals surface area contributed by atoms with Gasteiger partial charge in [-0.2, -0.15) is 0 Å². The first-order valence-corrected chi connectivity index (χ1v) is 9.04. The highest BCUT2D eigenvalue weighted by Crippen LogP contribution is 2.35. The van der Waals surface area contributed by atoms with Crippen LogP contribution in [0.3, 0.4) is 0 Å². The van der Waals surface area contributed by atoms with Crippen molar-refractivity contribution in [2.75, 3.05) is 11.9 Å². The highest BCUT2D eigenvalue weighted by Gasteiger charge is 2.23. The third-order valence-electron chi connectivity index (χ3n) is 4.02. The van der Waals surface area contributed by atoms with Gasteiger partial charge in [-0.15, -0.1) is 0 Å². The molecule has 0 radical (unpaired) electrons. The SMILES string of the molecule is CC(C)(C)c1ccc(OCC(=O)Nc2ccc(Cl)nc2)c(C(C)(C)C)c1. The molecule has 4 nitrogen and oxygen atoms in total. The van der Waals surface area contributed by atoms with Crippen LogP contribution in [0.5, 0.6) is 5.75 Å². The fourth-order valence-corrected chi connectivity index (χ4v) is 2.61. The number of ether oxygens (including phenoxy) is 1. The quantitative estimate of drug-likeness (QED) is 0.734. The number of hydrogen-bond donors (Lipinski definition) is 1. The van der Waals surface area contributed by atoms with Crippen molar-refractivity contribution < 1.29 is 9.53 Å². The number of amides is 1. The molecule has 0 bridgehead atoms. The summed E-state index contributed by atoms with van der Waals surface area (Å²) < 4.78 is 5.83. The Balaban J connectivity index is 2.13. The third-order valence-corrected chi connectivity index (χ3v) is 4.25. The molecule has 0 aliphatic rings. The Hall–Kier alpha value is -2.07. The number of aromatic nitrogens is 1. The second-order valence-corrected chi connectivity index (χ2v) is 8.80. The zero-order chi connectivity index (χ0) is 19.5. The predicted octanol–water partition coefficient (Wildman–Crippen LogP) is 5.35. The molecule has 140 valence electrons. The average molecular weight is 375 g/mol. The van der Waals surface area contributed by atoms with E-state index >= 15 is 0 Å². The second-order valence-electron chi connectivity index (χ2n) is 8.42. The first-order valence-electron chi connectivity index (χ1n) is 8.66. The van der Waals surface area contributed by atoms with E-state index in [9.17, 15) is 4.79 Å². The van der Waals surface area contributed by atoms with Gasteiger partial charge in [-0.3, -0.25) is 4.79 Å². The van der Waals surface area contributed by atoms with Crippen molar-refractivity contribution in [1.29, 1.82) is 0 Å². The summed E-state index contributed by atoms with van der Waals surface area (Å²) in [6.45, 7) is 12.9. The Morgan fingerprint density at radius 2 is 1.77 bits per heavy atom. The number of pyridine rings is 1. The molecule has 1 aromatic heterocycles. The summed E-state index contributed by atoms with van der Waals surface area (Å²) >= 11 is 5.75. The van der Waals surface area contributed by atoms with Gasteiger partial charge in [0.15, 0.2) is 6.61 Å². The maximum Gasteiger partial charge on any atom is 0.262 e. The Kier molecular flexibility index (Phi) is 5.97. The highest BCUT2D eigenvalue weighted by molar-refractivity contribution is 6.29. The first kappa shape index (κ1) is 20.2. The molecule has 1 amide bonds. The van der Waals surface area contributed by atoms with Gasteiger partial charge < -0.3 is 10.1 Å². The van der Waals surface area contributed by atoms with E-state index in [0.717, 1.165) is 11.3 Å². The zero-order valence-electron chi connectivity index (χ0n) is 16.3. The lowest BCUT2D eigenvalue weighted by Gasteiger charge is -2.27. The van der Waals surface area contributed by atoms with Crippen molar-refractivity contribution in [3.05, 3.63) is 52.8 Å². The van der Waals surface area contributed by atoms with E-state index in [-0.39, 0.29) is 23.3 Å². The molecule has 0 unspecified atom stereocenters. The smallest absolute Gasteiger partial charge is 0.262 e. The maximum absolute atomic E-state index is 12.2. The van der Waals surface area contributed by atoms with Crippen molar-refractivity contribution in [2.45, 2.75) is 52.4 Å². The lowest BCUT2D eigenvalue weighted by molar-refractivity contribution is -0.118. The van der Waals surface area contributed by atoms with Crippen LogP contribution in [-0.2, 0) is 15.6 Å². The van der Waals surface area contributed by atoms with Crippen LogP contribution in [0.25, 0.3) is 0 Å². The fraction of sp³-hybridized carbons (Fsp3) is 0.429. The number of carbonyl (C=O) groups excluding carboxylic acids is 1. The zero-order valence-corrected chi connectivity index (χ0v) is 17.1. The maximum atomic E-state index is 12.2. The molecule has 0 saturated heterocycles. The minimum Gasteiger partial charge on any atom is -0.483 e. The van der Waals surface area contributed by atoms with Crippen LogP contribution in [0.4, 0.5) is 5.69 Å². The number of nitrogens with zero attached hydrogens (tertiary/aromatic N) is 1. The predicted molar refractivity (Wildman–Crippen MR) is 107 cm³/mol. The largest absolute Gasteiger partial charge is 0.483 e. The van der Waals surface area contributed by atoms with E-state index in [1.54, 1.807) is 12.1 Å². The summed E-state index contributed by atoms with van der Waals surface area (Å²) in [6.07, 6.45) is 1.51. The molecule has 1 heterocycles. The normalized spacial score (nSPS) is 12.0. The van der Waals surface area contributed by atoms with Crippen LogP contribution in [0.2, 0.25) is 5.15 Å². The van der Waals surface area contributed by atoms with E-state index in [4.69, 9.17) is 16.3 Å². The molecule has 5 heteroatoms. The van der Waals surface area contributed by atoms with Gasteiger partial charge in [0.05, 0.1) is 11.9 Å². The molecule has 0 aliphatic heterocycles. The number of anilines is 1. The Labute approximate surface area is 160 Å². The molecule has 1 N–H and O–H groups in total. The number of hydrogen-bond acceptors (Lipinski definition) is 3. The molecule has 0 aliphatic carbocycles. The minimum atomic E-state index is -0.242. The van der Waals surface area contributed by atoms with Crippen LogP contribution in [0.15, 0.2) is 36.5 Å². The average Bonchev–Trinajstić information content (AvgIpc) is 2.53. The Morgan fingerprint density at radius 1 is 1.08 bits per heavy atom. The van der Waals surface area contributed by atoms with Crippen molar-refractivity contribution in [1.82, 2.24) is 4.98 Å². The summed E-state index contributed by atoms with van der Waals surface area (Å²) in [5, 5.41) is 3.13. The van der Waals surface area contributed by atoms with E-state index in [1.165, 1.54) is 11.8 Å². The molecule has 0 fully saturated rings. The van der Waals surface area contributed by atoms with Gasteiger partial charge in [0.2, 0.25) is 0 Å². The van der Waals surface area contributed by atoms with Gasteiger partial charge in [0.1, 0.15) is 10.9 Å². The van der Waals surface area contributed by atoms with Crippen molar-refractivity contribution in [2.24, 2.45) is 0 Å². The van der Waals surface area contributed by atoms with Crippen LogP contribution in [0.1, 0.15) is 52.7 Å². The standard InChI is InChI=1S/C21H27ClN2O2/c1-20(2,3)14-7-9-17(16(11-14)21(4,5)6)26-13-19(25)24-15-8-10-18(22)23-12-15/h7-12H,13H2,1-6H3,(H,24,25). The minimum absolute atomic E-state index is 0.0531. The first-order chi connectivity index (χ1) is 12.0. The van der Waals surface area contributed by atoms with Crippen molar-refractivity contribution in [3.8, 4) is 5.75 Å². The lowest BCUT2D eigenvalue weighted by Crippen LogP contribution is -2.22. The van der Waals surface area contributed by atoms with E-state index < -0.39 is 0 Å². The fourth-order valence-electron chi connectivity index (χ4n) is 2.50. The number of halogens is 1. The lowest BCUT2D eigenvalue weighted by atomic mass is 9.80. The van der Waals surface area contributed by atoms with Gasteiger partial charge in [0.25, 0.3) is 5.91 Å². The Morgan fingerprint density at radius 3 is 2.31 bits per heavy atom. The monoisotopic (exact) mass is 374 g/mol. The van der Waals surface area contributed by atoms with E-state index in [2.05, 4.69) is 64.0 Å². The molecule has 2 rings (SSSR count). The van der Waals surface area contributed by atoms with Crippen molar-refractivity contribution >= 4 is 23.2 Å². The summed E-state index contributed by atoms with van der Waals surface area (Å²) in [4.78, 5) is 16.1. The second kappa shape index (κ2) is 7.67. The number of nitrogens with one attached hydrogen (secondary N) is 1. The molecule has 2 aromatic rings. The van der Waals surface area contributed by atoms with Gasteiger partial charge in [-0.25, -0.2) is 4.98 Å².